The number of benzene rings is 1. The van der Waals surface area contributed by atoms with Gasteiger partial charge in [-0.15, -0.1) is 0 Å². The number of aryl methyl sites for hydroxylation is 2. The lowest BCUT2D eigenvalue weighted by molar-refractivity contribution is 0.393. The molecule has 0 aliphatic rings. The molecule has 0 fully saturated rings. The van der Waals surface area contributed by atoms with Crippen LogP contribution in [0.3, 0.4) is 0 Å². The Morgan fingerprint density at radius 3 is 2.45 bits per heavy atom. The Labute approximate surface area is 129 Å². The van der Waals surface area contributed by atoms with Gasteiger partial charge in [0.05, 0.1) is 11.7 Å². The molecule has 2 aromatic heterocycles. The van der Waals surface area contributed by atoms with Gasteiger partial charge < -0.3 is 9.09 Å². The average molecular weight is 294 g/mol. The van der Waals surface area contributed by atoms with E-state index in [1.165, 1.54) is 0 Å². The van der Waals surface area contributed by atoms with Crippen molar-refractivity contribution in [3.63, 3.8) is 0 Å². The first-order chi connectivity index (χ1) is 10.6. The normalized spacial score (nSPS) is 12.3. The van der Waals surface area contributed by atoms with Gasteiger partial charge >= 0.3 is 0 Å². The smallest absolute Gasteiger partial charge is 0.251 e. The summed E-state index contributed by atoms with van der Waals surface area (Å²) in [4.78, 5) is 12.2. The SMILES string of the molecule is Cc1noc(C)c1-c1ccc(=O)n(C(C)c2ccccc2)c1. The van der Waals surface area contributed by atoms with Gasteiger partial charge in [-0.25, -0.2) is 0 Å². The van der Waals surface area contributed by atoms with Crippen molar-refractivity contribution in [2.24, 2.45) is 0 Å². The highest BCUT2D eigenvalue weighted by atomic mass is 16.5. The molecule has 0 saturated carbocycles. The van der Waals surface area contributed by atoms with Gasteiger partial charge in [0.2, 0.25) is 0 Å². The largest absolute Gasteiger partial charge is 0.361 e. The maximum absolute atomic E-state index is 12.2. The molecule has 0 aliphatic carbocycles. The van der Waals surface area contributed by atoms with E-state index in [9.17, 15) is 4.79 Å². The standard InChI is InChI=1S/C18H18N2O2/c1-12-18(14(3)22-19-12)16-9-10-17(21)20(11-16)13(2)15-7-5-4-6-8-15/h4-11,13H,1-3H3. The maximum atomic E-state index is 12.2. The Kier molecular flexibility index (Phi) is 3.67. The number of hydrogen-bond acceptors (Lipinski definition) is 3. The summed E-state index contributed by atoms with van der Waals surface area (Å²) in [6.45, 7) is 5.81. The van der Waals surface area contributed by atoms with Crippen molar-refractivity contribution >= 4 is 0 Å². The van der Waals surface area contributed by atoms with Crippen molar-refractivity contribution in [2.45, 2.75) is 26.8 Å². The summed E-state index contributed by atoms with van der Waals surface area (Å²) >= 11 is 0. The fraction of sp³-hybridized carbons (Fsp3) is 0.222. The van der Waals surface area contributed by atoms with Gasteiger partial charge in [-0.3, -0.25) is 4.79 Å². The zero-order valence-corrected chi connectivity index (χ0v) is 12.9. The lowest BCUT2D eigenvalue weighted by atomic mass is 10.0. The second kappa shape index (κ2) is 5.64. The quantitative estimate of drug-likeness (QED) is 0.739. The van der Waals surface area contributed by atoms with Crippen LogP contribution in [-0.2, 0) is 0 Å². The fourth-order valence-corrected chi connectivity index (χ4v) is 2.74. The highest BCUT2D eigenvalue weighted by Crippen LogP contribution is 2.27. The minimum atomic E-state index is -0.0332. The van der Waals surface area contributed by atoms with Crippen LogP contribution < -0.4 is 5.56 Å². The van der Waals surface area contributed by atoms with Crippen LogP contribution in [0.1, 0.15) is 30.0 Å². The topological polar surface area (TPSA) is 48.0 Å². The Balaban J connectivity index is 2.10. The van der Waals surface area contributed by atoms with E-state index in [0.29, 0.717) is 0 Å². The molecule has 3 rings (SSSR count). The van der Waals surface area contributed by atoms with Crippen LogP contribution in [0, 0.1) is 13.8 Å². The highest BCUT2D eigenvalue weighted by molar-refractivity contribution is 5.66. The van der Waals surface area contributed by atoms with Crippen molar-refractivity contribution in [1.29, 1.82) is 0 Å². The first kappa shape index (κ1) is 14.3. The first-order valence-electron chi connectivity index (χ1n) is 7.28. The summed E-state index contributed by atoms with van der Waals surface area (Å²) in [6.07, 6.45) is 1.88. The molecule has 0 bridgehead atoms. The second-order valence-electron chi connectivity index (χ2n) is 5.45. The highest BCUT2D eigenvalue weighted by Gasteiger charge is 2.15. The van der Waals surface area contributed by atoms with Crippen LogP contribution in [0.4, 0.5) is 0 Å². The Morgan fingerprint density at radius 1 is 1.09 bits per heavy atom. The van der Waals surface area contributed by atoms with Crippen LogP contribution in [0.25, 0.3) is 11.1 Å². The Bertz CT molecular complexity index is 828. The molecule has 0 spiro atoms. The van der Waals surface area contributed by atoms with Crippen molar-refractivity contribution in [1.82, 2.24) is 9.72 Å². The van der Waals surface area contributed by atoms with E-state index in [2.05, 4.69) is 5.16 Å². The van der Waals surface area contributed by atoms with Gasteiger partial charge in [0, 0.05) is 23.4 Å². The molecular formula is C18H18N2O2. The fourth-order valence-electron chi connectivity index (χ4n) is 2.74. The van der Waals surface area contributed by atoms with Gasteiger partial charge in [0.1, 0.15) is 5.76 Å². The zero-order valence-electron chi connectivity index (χ0n) is 12.9. The predicted molar refractivity (Wildman–Crippen MR) is 85.9 cm³/mol. The predicted octanol–water partition coefficient (Wildman–Crippen LogP) is 3.73. The third-order valence-electron chi connectivity index (χ3n) is 3.96. The average Bonchev–Trinajstić information content (AvgIpc) is 2.87. The second-order valence-corrected chi connectivity index (χ2v) is 5.45. The van der Waals surface area contributed by atoms with E-state index in [0.717, 1.165) is 28.1 Å². The third kappa shape index (κ3) is 2.48. The molecule has 1 aromatic carbocycles. The van der Waals surface area contributed by atoms with Crippen LogP contribution in [0.15, 0.2) is 58.0 Å². The molecule has 0 aliphatic heterocycles. The Morgan fingerprint density at radius 2 is 1.82 bits per heavy atom. The van der Waals surface area contributed by atoms with Crippen molar-refractivity contribution in [3.8, 4) is 11.1 Å². The van der Waals surface area contributed by atoms with Crippen LogP contribution >= 0.6 is 0 Å². The molecule has 4 nitrogen and oxygen atoms in total. The molecular weight excluding hydrogens is 276 g/mol. The van der Waals surface area contributed by atoms with Gasteiger partial charge in [0.15, 0.2) is 0 Å². The van der Waals surface area contributed by atoms with E-state index in [1.54, 1.807) is 10.6 Å². The van der Waals surface area contributed by atoms with Gasteiger partial charge in [-0.05, 0) is 32.4 Å². The molecule has 0 N–H and O–H groups in total. The third-order valence-corrected chi connectivity index (χ3v) is 3.96. The minimum absolute atomic E-state index is 0.0214. The summed E-state index contributed by atoms with van der Waals surface area (Å²) in [5, 5.41) is 3.99. The maximum Gasteiger partial charge on any atom is 0.251 e. The van der Waals surface area contributed by atoms with Crippen LogP contribution in [0.5, 0.6) is 0 Å². The molecule has 4 heteroatoms. The van der Waals surface area contributed by atoms with Crippen molar-refractivity contribution in [3.05, 3.63) is 76.0 Å². The lowest BCUT2D eigenvalue weighted by Gasteiger charge is -2.16. The number of pyridine rings is 1. The minimum Gasteiger partial charge on any atom is -0.361 e. The number of hydrogen-bond donors (Lipinski definition) is 0. The number of nitrogens with zero attached hydrogens (tertiary/aromatic N) is 2. The lowest BCUT2D eigenvalue weighted by Crippen LogP contribution is -2.22. The molecule has 1 unspecified atom stereocenters. The van der Waals surface area contributed by atoms with E-state index in [-0.39, 0.29) is 11.6 Å². The summed E-state index contributed by atoms with van der Waals surface area (Å²) in [5.74, 6) is 0.759. The Hall–Kier alpha value is -2.62. The van der Waals surface area contributed by atoms with Gasteiger partial charge in [0.25, 0.3) is 5.56 Å². The molecule has 0 amide bonds. The molecule has 3 aromatic rings. The van der Waals surface area contributed by atoms with E-state index in [1.807, 2.05) is 63.4 Å². The van der Waals surface area contributed by atoms with Crippen LogP contribution in [0.2, 0.25) is 0 Å². The molecule has 2 heterocycles. The van der Waals surface area contributed by atoms with Crippen molar-refractivity contribution in [2.75, 3.05) is 0 Å². The molecule has 1 atom stereocenters. The van der Waals surface area contributed by atoms with Gasteiger partial charge in [-0.2, -0.15) is 0 Å². The zero-order chi connectivity index (χ0) is 15.7. The molecule has 0 radical (unpaired) electrons. The molecule has 0 saturated heterocycles. The first-order valence-corrected chi connectivity index (χ1v) is 7.28. The summed E-state index contributed by atoms with van der Waals surface area (Å²) < 4.78 is 6.97. The van der Waals surface area contributed by atoms with Crippen molar-refractivity contribution < 1.29 is 4.52 Å². The monoisotopic (exact) mass is 294 g/mol. The van der Waals surface area contributed by atoms with Gasteiger partial charge in [-0.1, -0.05) is 35.5 Å². The van der Waals surface area contributed by atoms with E-state index < -0.39 is 0 Å². The van der Waals surface area contributed by atoms with E-state index >= 15 is 0 Å². The molecule has 112 valence electrons. The molecule has 22 heavy (non-hydrogen) atoms. The van der Waals surface area contributed by atoms with Crippen LogP contribution in [-0.4, -0.2) is 9.72 Å². The summed E-state index contributed by atoms with van der Waals surface area (Å²) in [7, 11) is 0. The number of rotatable bonds is 3. The summed E-state index contributed by atoms with van der Waals surface area (Å²) in [6, 6.07) is 13.4. The van der Waals surface area contributed by atoms with E-state index in [4.69, 9.17) is 4.52 Å². The number of aromatic nitrogens is 2. The summed E-state index contributed by atoms with van der Waals surface area (Å²) in [5.41, 5.74) is 3.80.